The second kappa shape index (κ2) is 7.69. The van der Waals surface area contributed by atoms with E-state index in [1.165, 1.54) is 11.3 Å². The molecule has 0 radical (unpaired) electrons. The van der Waals surface area contributed by atoms with Crippen molar-refractivity contribution in [2.24, 2.45) is 0 Å². The van der Waals surface area contributed by atoms with E-state index >= 15 is 0 Å². The van der Waals surface area contributed by atoms with Crippen molar-refractivity contribution in [2.75, 3.05) is 67.6 Å². The van der Waals surface area contributed by atoms with Gasteiger partial charge in [-0.15, -0.1) is 10.2 Å². The molecule has 2 aromatic rings. The third kappa shape index (κ3) is 3.57. The highest BCUT2D eigenvalue weighted by Gasteiger charge is 2.33. The van der Waals surface area contributed by atoms with Crippen molar-refractivity contribution < 1.29 is 9.53 Å². The maximum Gasteiger partial charge on any atom is 0.330 e. The Labute approximate surface area is 162 Å². The van der Waals surface area contributed by atoms with Gasteiger partial charge in [0.25, 0.3) is 0 Å². The molecular weight excluding hydrogens is 364 g/mol. The summed E-state index contributed by atoms with van der Waals surface area (Å²) in [6.45, 7) is 8.50. The minimum Gasteiger partial charge on any atom is -0.497 e. The Morgan fingerprint density at radius 1 is 0.963 bits per heavy atom. The lowest BCUT2D eigenvalue weighted by Gasteiger charge is -2.33. The number of aromatic nitrogens is 2. The van der Waals surface area contributed by atoms with Crippen LogP contribution in [0.2, 0.25) is 0 Å². The number of carbonyl (C=O) groups excluding carboxylic acids is 1. The summed E-state index contributed by atoms with van der Waals surface area (Å²) in [5.41, 5.74) is 0.865. The van der Waals surface area contributed by atoms with E-state index in [0.717, 1.165) is 49.3 Å². The minimum absolute atomic E-state index is 0.0568. The van der Waals surface area contributed by atoms with Crippen molar-refractivity contribution in [1.29, 1.82) is 0 Å². The first-order chi connectivity index (χ1) is 13.2. The van der Waals surface area contributed by atoms with Crippen LogP contribution in [0.15, 0.2) is 24.3 Å². The van der Waals surface area contributed by atoms with Crippen LogP contribution in [-0.4, -0.2) is 74.1 Å². The van der Waals surface area contributed by atoms with E-state index in [-0.39, 0.29) is 6.03 Å². The summed E-state index contributed by atoms with van der Waals surface area (Å²) in [7, 11) is 1.63. The van der Waals surface area contributed by atoms with Crippen LogP contribution < -0.4 is 19.4 Å². The van der Waals surface area contributed by atoms with Crippen LogP contribution >= 0.6 is 11.3 Å². The lowest BCUT2D eigenvalue weighted by molar-refractivity contribution is 0.256. The van der Waals surface area contributed by atoms with Gasteiger partial charge in [0.15, 0.2) is 0 Å². The number of benzene rings is 1. The Balaban J connectivity index is 1.44. The molecule has 9 heteroatoms. The molecule has 27 heavy (non-hydrogen) atoms. The molecule has 0 N–H and O–H groups in total. The third-order valence-corrected chi connectivity index (χ3v) is 6.12. The van der Waals surface area contributed by atoms with E-state index in [9.17, 15) is 4.79 Å². The number of piperazine rings is 1. The number of carbonyl (C=O) groups is 1. The maximum atomic E-state index is 12.9. The van der Waals surface area contributed by atoms with Crippen LogP contribution in [-0.2, 0) is 0 Å². The molecule has 2 amide bonds. The van der Waals surface area contributed by atoms with Gasteiger partial charge < -0.3 is 14.5 Å². The van der Waals surface area contributed by atoms with E-state index in [4.69, 9.17) is 4.74 Å². The highest BCUT2D eigenvalue weighted by molar-refractivity contribution is 7.19. The molecule has 0 bridgehead atoms. The van der Waals surface area contributed by atoms with Crippen molar-refractivity contribution in [3.8, 4) is 5.75 Å². The first-order valence-electron chi connectivity index (χ1n) is 9.23. The van der Waals surface area contributed by atoms with Crippen LogP contribution in [0, 0.1) is 0 Å². The lowest BCUT2D eigenvalue weighted by Crippen LogP contribution is -2.46. The quantitative estimate of drug-likeness (QED) is 0.782. The number of ether oxygens (including phenoxy) is 1. The number of nitrogens with zero attached hydrogens (tertiary/aromatic N) is 6. The zero-order valence-corrected chi connectivity index (χ0v) is 16.5. The summed E-state index contributed by atoms with van der Waals surface area (Å²) in [4.78, 5) is 21.0. The van der Waals surface area contributed by atoms with Gasteiger partial charge in [-0.3, -0.25) is 9.80 Å². The third-order valence-electron chi connectivity index (χ3n) is 5.12. The molecule has 0 aliphatic carbocycles. The number of urea groups is 1. The highest BCUT2D eigenvalue weighted by Crippen LogP contribution is 2.31. The fourth-order valence-corrected chi connectivity index (χ4v) is 4.33. The van der Waals surface area contributed by atoms with Crippen molar-refractivity contribution in [1.82, 2.24) is 15.1 Å². The average Bonchev–Trinajstić information content (AvgIpc) is 3.35. The zero-order chi connectivity index (χ0) is 18.8. The molecule has 0 saturated carbocycles. The van der Waals surface area contributed by atoms with Gasteiger partial charge in [0.05, 0.1) is 7.11 Å². The fourth-order valence-electron chi connectivity index (χ4n) is 3.42. The Hall–Kier alpha value is -2.39. The molecule has 1 aromatic heterocycles. The normalized spacial score (nSPS) is 18.4. The monoisotopic (exact) mass is 388 g/mol. The molecule has 8 nitrogen and oxygen atoms in total. The number of hydrogen-bond donors (Lipinski definition) is 0. The Bertz CT molecular complexity index is 787. The zero-order valence-electron chi connectivity index (χ0n) is 15.7. The number of likely N-dealkylation sites (N-methyl/N-ethyl adjacent to an activating group) is 1. The summed E-state index contributed by atoms with van der Waals surface area (Å²) in [5.74, 6) is 0.777. The molecule has 2 aliphatic rings. The molecule has 2 saturated heterocycles. The smallest absolute Gasteiger partial charge is 0.330 e. The molecule has 4 rings (SSSR count). The predicted octanol–water partition coefficient (Wildman–Crippen LogP) is 2.14. The summed E-state index contributed by atoms with van der Waals surface area (Å²) in [6, 6.07) is 7.48. The Morgan fingerprint density at radius 3 is 2.30 bits per heavy atom. The van der Waals surface area contributed by atoms with Crippen molar-refractivity contribution >= 4 is 33.3 Å². The van der Waals surface area contributed by atoms with E-state index < -0.39 is 0 Å². The van der Waals surface area contributed by atoms with Crippen LogP contribution in [0.25, 0.3) is 0 Å². The topological polar surface area (TPSA) is 65.0 Å². The van der Waals surface area contributed by atoms with Crippen LogP contribution in [0.4, 0.5) is 20.7 Å². The lowest BCUT2D eigenvalue weighted by atomic mass is 10.3. The van der Waals surface area contributed by atoms with Gasteiger partial charge in [-0.1, -0.05) is 18.3 Å². The van der Waals surface area contributed by atoms with Gasteiger partial charge >= 0.3 is 6.03 Å². The maximum absolute atomic E-state index is 12.9. The molecule has 0 unspecified atom stereocenters. The average molecular weight is 388 g/mol. The van der Waals surface area contributed by atoms with Gasteiger partial charge in [0, 0.05) is 45.0 Å². The molecule has 2 fully saturated rings. The first kappa shape index (κ1) is 18.0. The van der Waals surface area contributed by atoms with Crippen molar-refractivity contribution in [3.05, 3.63) is 24.3 Å². The van der Waals surface area contributed by atoms with Crippen molar-refractivity contribution in [3.63, 3.8) is 0 Å². The summed E-state index contributed by atoms with van der Waals surface area (Å²) < 4.78 is 5.19. The predicted molar refractivity (Wildman–Crippen MR) is 107 cm³/mol. The SMILES string of the molecule is CCN1CCN(c2nnc(N3CCN(c4ccc(OC)cc4)C3=O)s2)CC1. The number of rotatable bonds is 5. The standard InChI is InChI=1S/C18H24N6O2S/c1-3-21-8-10-22(11-9-21)16-19-20-17(27-16)24-13-12-23(18(24)25)14-4-6-15(26-2)7-5-14/h4-7H,3,8-13H2,1-2H3. The second-order valence-corrected chi connectivity index (χ2v) is 7.51. The van der Waals surface area contributed by atoms with Crippen LogP contribution in [0.3, 0.4) is 0 Å². The highest BCUT2D eigenvalue weighted by atomic mass is 32.1. The summed E-state index contributed by atoms with van der Waals surface area (Å²) in [5, 5.41) is 10.2. The molecular formula is C18H24N6O2S. The first-order valence-corrected chi connectivity index (χ1v) is 10.0. The summed E-state index contributed by atoms with van der Waals surface area (Å²) in [6.07, 6.45) is 0. The number of methoxy groups -OCH3 is 1. The molecule has 0 atom stereocenters. The number of hydrogen-bond acceptors (Lipinski definition) is 7. The van der Waals surface area contributed by atoms with Crippen molar-refractivity contribution in [2.45, 2.75) is 6.92 Å². The van der Waals surface area contributed by atoms with Gasteiger partial charge in [-0.05, 0) is 30.8 Å². The molecule has 2 aliphatic heterocycles. The molecule has 3 heterocycles. The van der Waals surface area contributed by atoms with Crippen LogP contribution in [0.1, 0.15) is 6.92 Å². The molecule has 144 valence electrons. The van der Waals surface area contributed by atoms with E-state index in [1.54, 1.807) is 16.9 Å². The van der Waals surface area contributed by atoms with Gasteiger partial charge in [-0.25, -0.2) is 4.79 Å². The fraction of sp³-hybridized carbons (Fsp3) is 0.500. The van der Waals surface area contributed by atoms with E-state index in [1.807, 2.05) is 24.3 Å². The number of anilines is 3. The van der Waals surface area contributed by atoms with Gasteiger partial charge in [-0.2, -0.15) is 0 Å². The molecule has 0 spiro atoms. The minimum atomic E-state index is -0.0568. The Morgan fingerprint density at radius 2 is 1.63 bits per heavy atom. The van der Waals surface area contributed by atoms with Crippen LogP contribution in [0.5, 0.6) is 5.75 Å². The van der Waals surface area contributed by atoms with E-state index in [0.29, 0.717) is 18.2 Å². The largest absolute Gasteiger partial charge is 0.497 e. The molecule has 1 aromatic carbocycles. The van der Waals surface area contributed by atoms with E-state index in [2.05, 4.69) is 26.9 Å². The Kier molecular flexibility index (Phi) is 5.13. The number of amides is 2. The summed E-state index contributed by atoms with van der Waals surface area (Å²) >= 11 is 1.50. The van der Waals surface area contributed by atoms with Gasteiger partial charge in [0.2, 0.25) is 10.3 Å². The van der Waals surface area contributed by atoms with Gasteiger partial charge in [0.1, 0.15) is 5.75 Å². The second-order valence-electron chi connectivity index (χ2n) is 6.57.